The van der Waals surface area contributed by atoms with E-state index >= 15 is 0 Å². The molecule has 2 saturated carbocycles. The molecule has 0 radical (unpaired) electrons. The molecule has 5 heteroatoms. The van der Waals surface area contributed by atoms with Gasteiger partial charge in [0.25, 0.3) is 0 Å². The third-order valence-electron chi connectivity index (χ3n) is 6.98. The molecule has 3 unspecified atom stereocenters. The molecule has 162 valence electrons. The molecule has 2 aliphatic carbocycles. The minimum Gasteiger partial charge on any atom is -0.467 e. The van der Waals surface area contributed by atoms with Crippen molar-refractivity contribution in [2.45, 2.75) is 89.1 Å². The maximum absolute atomic E-state index is 13.3. The highest BCUT2D eigenvalue weighted by atomic mass is 16.5. The summed E-state index contributed by atoms with van der Waals surface area (Å²) in [6.07, 6.45) is 9.81. The Morgan fingerprint density at radius 3 is 2.30 bits per heavy atom. The summed E-state index contributed by atoms with van der Waals surface area (Å²) in [4.78, 5) is 28.2. The van der Waals surface area contributed by atoms with E-state index in [0.717, 1.165) is 56.9 Å². The average Bonchev–Trinajstić information content (AvgIpc) is 2.82. The predicted octanol–water partition coefficient (Wildman–Crippen LogP) is 4.94. The van der Waals surface area contributed by atoms with E-state index in [-0.39, 0.29) is 29.8 Å². The molecule has 0 N–H and O–H groups in total. The van der Waals surface area contributed by atoms with Crippen LogP contribution in [0.5, 0.6) is 0 Å². The van der Waals surface area contributed by atoms with Crippen LogP contribution in [0, 0.1) is 17.2 Å². The predicted molar refractivity (Wildman–Crippen MR) is 116 cm³/mol. The first kappa shape index (κ1) is 22.3. The van der Waals surface area contributed by atoms with Gasteiger partial charge in [0.05, 0.1) is 18.7 Å². The normalized spacial score (nSPS) is 23.2. The van der Waals surface area contributed by atoms with Gasteiger partial charge >= 0.3 is 5.97 Å². The molecule has 2 fully saturated rings. The summed E-state index contributed by atoms with van der Waals surface area (Å²) in [7, 11) is 1.44. The van der Waals surface area contributed by atoms with Crippen LogP contribution in [0.1, 0.15) is 88.2 Å². The Balaban J connectivity index is 1.98. The Morgan fingerprint density at radius 2 is 1.70 bits per heavy atom. The summed E-state index contributed by atoms with van der Waals surface area (Å²) < 4.78 is 5.23. The zero-order valence-electron chi connectivity index (χ0n) is 18.3. The van der Waals surface area contributed by atoms with Crippen molar-refractivity contribution < 1.29 is 14.3 Å². The van der Waals surface area contributed by atoms with Gasteiger partial charge in [-0.1, -0.05) is 51.2 Å². The van der Waals surface area contributed by atoms with E-state index in [1.165, 1.54) is 13.5 Å². The van der Waals surface area contributed by atoms with Gasteiger partial charge in [-0.25, -0.2) is 4.79 Å². The van der Waals surface area contributed by atoms with Gasteiger partial charge in [0.15, 0.2) is 0 Å². The quantitative estimate of drug-likeness (QED) is 0.623. The molecule has 2 aliphatic rings. The summed E-state index contributed by atoms with van der Waals surface area (Å²) in [5.74, 6) is 0.123. The smallest absolute Gasteiger partial charge is 0.328 e. The number of nitriles is 1. The van der Waals surface area contributed by atoms with E-state index < -0.39 is 6.04 Å². The van der Waals surface area contributed by atoms with Crippen LogP contribution in [0.4, 0.5) is 0 Å². The minimum absolute atomic E-state index is 0.00911. The van der Waals surface area contributed by atoms with Gasteiger partial charge in [0.2, 0.25) is 5.91 Å². The lowest BCUT2D eigenvalue weighted by atomic mass is 9.76. The number of hydrogen-bond acceptors (Lipinski definition) is 4. The molecule has 3 atom stereocenters. The minimum atomic E-state index is -0.494. The average molecular weight is 411 g/mol. The molecule has 0 aromatic heterocycles. The van der Waals surface area contributed by atoms with Crippen molar-refractivity contribution in [2.24, 2.45) is 5.92 Å². The van der Waals surface area contributed by atoms with Crippen molar-refractivity contribution in [2.75, 3.05) is 7.11 Å². The summed E-state index contributed by atoms with van der Waals surface area (Å²) in [6, 6.07) is 9.42. The second kappa shape index (κ2) is 10.6. The summed E-state index contributed by atoms with van der Waals surface area (Å²) in [6.45, 7) is 1.88. The van der Waals surface area contributed by atoms with Crippen LogP contribution in [-0.4, -0.2) is 36.0 Å². The van der Waals surface area contributed by atoms with Crippen molar-refractivity contribution in [1.29, 1.82) is 5.26 Å². The molecule has 1 aromatic carbocycles. The third-order valence-corrected chi connectivity index (χ3v) is 6.98. The Labute approximate surface area is 180 Å². The van der Waals surface area contributed by atoms with Crippen molar-refractivity contribution in [1.82, 2.24) is 4.90 Å². The van der Waals surface area contributed by atoms with Crippen LogP contribution in [-0.2, 0) is 14.3 Å². The molecule has 1 amide bonds. The van der Waals surface area contributed by atoms with Crippen LogP contribution in [0.25, 0.3) is 0 Å². The summed E-state index contributed by atoms with van der Waals surface area (Å²) in [5, 5.41) is 9.13. The number of methoxy groups -OCH3 is 1. The highest BCUT2D eigenvalue weighted by Crippen LogP contribution is 2.40. The number of nitrogens with zero attached hydrogens (tertiary/aromatic N) is 2. The van der Waals surface area contributed by atoms with Gasteiger partial charge in [-0.15, -0.1) is 0 Å². The first-order valence-electron chi connectivity index (χ1n) is 11.5. The van der Waals surface area contributed by atoms with E-state index in [0.29, 0.717) is 12.0 Å². The maximum Gasteiger partial charge on any atom is 0.328 e. The van der Waals surface area contributed by atoms with Crippen LogP contribution >= 0.6 is 0 Å². The molecule has 30 heavy (non-hydrogen) atoms. The fourth-order valence-electron chi connectivity index (χ4n) is 5.47. The SMILES string of the molecule is CCC(=O)N(C1CCCCC1c1ccc(C#N)cc1)C(C(=O)OC)C1CCCCC1. The number of carbonyl (C=O) groups is 2. The first-order chi connectivity index (χ1) is 14.6. The molecule has 0 aliphatic heterocycles. The molecule has 0 heterocycles. The zero-order valence-corrected chi connectivity index (χ0v) is 18.3. The first-order valence-corrected chi connectivity index (χ1v) is 11.5. The molecule has 3 rings (SSSR count). The van der Waals surface area contributed by atoms with Crippen LogP contribution in [0.2, 0.25) is 0 Å². The second-order valence-corrected chi connectivity index (χ2v) is 8.71. The lowest BCUT2D eigenvalue weighted by molar-refractivity contribution is -0.159. The van der Waals surface area contributed by atoms with Gasteiger partial charge < -0.3 is 9.64 Å². The van der Waals surface area contributed by atoms with Crippen molar-refractivity contribution in [3.63, 3.8) is 0 Å². The number of esters is 1. The Hall–Kier alpha value is -2.35. The number of ether oxygens (including phenoxy) is 1. The van der Waals surface area contributed by atoms with E-state index in [4.69, 9.17) is 10.00 Å². The molecular weight excluding hydrogens is 376 g/mol. The van der Waals surface area contributed by atoms with E-state index in [9.17, 15) is 9.59 Å². The molecular formula is C25H34N2O3. The number of rotatable bonds is 6. The van der Waals surface area contributed by atoms with E-state index in [1.807, 2.05) is 36.1 Å². The number of hydrogen-bond donors (Lipinski definition) is 0. The topological polar surface area (TPSA) is 70.4 Å². The van der Waals surface area contributed by atoms with Crippen LogP contribution in [0.3, 0.4) is 0 Å². The highest BCUT2D eigenvalue weighted by molar-refractivity contribution is 5.85. The van der Waals surface area contributed by atoms with E-state index in [1.54, 1.807) is 0 Å². The highest BCUT2D eigenvalue weighted by Gasteiger charge is 2.43. The van der Waals surface area contributed by atoms with Gasteiger partial charge in [0.1, 0.15) is 6.04 Å². The Kier molecular flexibility index (Phi) is 7.90. The van der Waals surface area contributed by atoms with Gasteiger partial charge in [-0.3, -0.25) is 4.79 Å². The monoisotopic (exact) mass is 410 g/mol. The van der Waals surface area contributed by atoms with Crippen molar-refractivity contribution >= 4 is 11.9 Å². The number of carbonyl (C=O) groups excluding carboxylic acids is 2. The number of amides is 1. The zero-order chi connectivity index (χ0) is 21.5. The lowest BCUT2D eigenvalue weighted by Gasteiger charge is -2.46. The van der Waals surface area contributed by atoms with E-state index in [2.05, 4.69) is 6.07 Å². The Bertz CT molecular complexity index is 762. The molecule has 5 nitrogen and oxygen atoms in total. The van der Waals surface area contributed by atoms with Crippen molar-refractivity contribution in [3.8, 4) is 6.07 Å². The fourth-order valence-corrected chi connectivity index (χ4v) is 5.47. The second-order valence-electron chi connectivity index (χ2n) is 8.71. The van der Waals surface area contributed by atoms with Gasteiger partial charge in [0, 0.05) is 18.4 Å². The summed E-state index contributed by atoms with van der Waals surface area (Å²) in [5.41, 5.74) is 1.79. The molecule has 0 spiro atoms. The fraction of sp³-hybridized carbons (Fsp3) is 0.640. The lowest BCUT2D eigenvalue weighted by Crippen LogP contribution is -2.56. The summed E-state index contributed by atoms with van der Waals surface area (Å²) >= 11 is 0. The van der Waals surface area contributed by atoms with Gasteiger partial charge in [-0.2, -0.15) is 5.26 Å². The van der Waals surface area contributed by atoms with Gasteiger partial charge in [-0.05, 0) is 49.3 Å². The maximum atomic E-state index is 13.3. The largest absolute Gasteiger partial charge is 0.467 e. The third kappa shape index (κ3) is 4.86. The Morgan fingerprint density at radius 1 is 1.07 bits per heavy atom. The molecule has 0 saturated heterocycles. The molecule has 0 bridgehead atoms. The standard InChI is InChI=1S/C25H34N2O3/c1-3-23(28)27(24(25(29)30-2)20-9-5-4-6-10-20)22-12-8-7-11-21(22)19-15-13-18(17-26)14-16-19/h13-16,20-22,24H,3-12H2,1-2H3. The van der Waals surface area contributed by atoms with Crippen LogP contribution < -0.4 is 0 Å². The van der Waals surface area contributed by atoms with Crippen LogP contribution in [0.15, 0.2) is 24.3 Å². The van der Waals surface area contributed by atoms with Crippen molar-refractivity contribution in [3.05, 3.63) is 35.4 Å². The number of benzene rings is 1. The molecule has 1 aromatic rings.